The van der Waals surface area contributed by atoms with E-state index >= 15 is 0 Å². The number of likely N-dealkylation sites (N-methyl/N-ethyl adjacent to an activating group) is 1. The molecule has 4 rings (SSSR count). The van der Waals surface area contributed by atoms with Crippen molar-refractivity contribution in [2.45, 2.75) is 20.4 Å². The van der Waals surface area contributed by atoms with Gasteiger partial charge in [0.2, 0.25) is 5.95 Å². The van der Waals surface area contributed by atoms with E-state index < -0.39 is 0 Å². The van der Waals surface area contributed by atoms with Gasteiger partial charge in [0.15, 0.2) is 11.5 Å². The first-order chi connectivity index (χ1) is 14.2. The average molecular weight is 394 g/mol. The fourth-order valence-electron chi connectivity index (χ4n) is 3.60. The van der Waals surface area contributed by atoms with E-state index in [0.717, 1.165) is 37.2 Å². The minimum Gasteiger partial charge on any atom is -0.486 e. The number of carbonyl (C=O) groups is 1. The molecule has 152 valence electrons. The second kappa shape index (κ2) is 8.53. The van der Waals surface area contributed by atoms with Gasteiger partial charge in [-0.1, -0.05) is 32.0 Å². The summed E-state index contributed by atoms with van der Waals surface area (Å²) in [6.07, 6.45) is 0. The number of ether oxygens (including phenoxy) is 2. The van der Waals surface area contributed by atoms with Gasteiger partial charge in [-0.05, 0) is 37.4 Å². The Morgan fingerprint density at radius 1 is 1.10 bits per heavy atom. The molecular formula is C22H26N4O3. The van der Waals surface area contributed by atoms with Crippen LogP contribution in [0, 0.1) is 0 Å². The molecule has 29 heavy (non-hydrogen) atoms. The molecule has 1 N–H and O–H groups in total. The number of imidazole rings is 1. The highest BCUT2D eigenvalue weighted by Gasteiger charge is 2.22. The summed E-state index contributed by atoms with van der Waals surface area (Å²) in [7, 11) is 0. The van der Waals surface area contributed by atoms with Crippen LogP contribution in [0.25, 0.3) is 11.0 Å². The summed E-state index contributed by atoms with van der Waals surface area (Å²) in [5.41, 5.74) is 2.31. The van der Waals surface area contributed by atoms with Gasteiger partial charge in [-0.3, -0.25) is 10.1 Å². The van der Waals surface area contributed by atoms with Crippen molar-refractivity contribution >= 4 is 22.9 Å². The minimum atomic E-state index is -0.258. The van der Waals surface area contributed by atoms with Crippen LogP contribution in [0.1, 0.15) is 24.2 Å². The third kappa shape index (κ3) is 3.91. The van der Waals surface area contributed by atoms with Gasteiger partial charge in [-0.2, -0.15) is 0 Å². The van der Waals surface area contributed by atoms with Gasteiger partial charge < -0.3 is 18.9 Å². The molecule has 0 aliphatic carbocycles. The van der Waals surface area contributed by atoms with Crippen LogP contribution in [0.2, 0.25) is 0 Å². The first kappa shape index (κ1) is 19.3. The molecule has 0 bridgehead atoms. The molecule has 2 aromatic carbocycles. The number of nitrogens with one attached hydrogen (secondary N) is 1. The van der Waals surface area contributed by atoms with Crippen LogP contribution in [0.15, 0.2) is 42.5 Å². The molecule has 2 heterocycles. The molecule has 0 spiro atoms. The zero-order chi connectivity index (χ0) is 20.2. The lowest BCUT2D eigenvalue weighted by atomic mass is 10.1. The highest BCUT2D eigenvalue weighted by molar-refractivity contribution is 6.06. The molecule has 1 aliphatic heterocycles. The number of nitrogens with zero attached hydrogens (tertiary/aromatic N) is 3. The summed E-state index contributed by atoms with van der Waals surface area (Å²) >= 11 is 0. The Kier molecular flexibility index (Phi) is 5.67. The van der Waals surface area contributed by atoms with Crippen LogP contribution >= 0.6 is 0 Å². The number of anilines is 1. The lowest BCUT2D eigenvalue weighted by Gasteiger charge is -2.21. The molecular weight excluding hydrogens is 368 g/mol. The fourth-order valence-corrected chi connectivity index (χ4v) is 3.60. The van der Waals surface area contributed by atoms with Crippen molar-refractivity contribution in [2.24, 2.45) is 0 Å². The summed E-state index contributed by atoms with van der Waals surface area (Å²) < 4.78 is 13.4. The van der Waals surface area contributed by atoms with Gasteiger partial charge in [0, 0.05) is 13.1 Å². The quantitative estimate of drug-likeness (QED) is 0.665. The van der Waals surface area contributed by atoms with Gasteiger partial charge in [-0.25, -0.2) is 4.98 Å². The Hall–Kier alpha value is -3.06. The topological polar surface area (TPSA) is 68.6 Å². The lowest BCUT2D eigenvalue weighted by molar-refractivity contribution is 0.101. The van der Waals surface area contributed by atoms with Crippen LogP contribution in [0.4, 0.5) is 5.95 Å². The maximum absolute atomic E-state index is 13.1. The molecule has 7 nitrogen and oxygen atoms in total. The normalized spacial score (nSPS) is 13.1. The summed E-state index contributed by atoms with van der Waals surface area (Å²) in [5.74, 6) is 1.37. The predicted molar refractivity (Wildman–Crippen MR) is 113 cm³/mol. The number of fused-ring (bicyclic) bond motifs is 2. The van der Waals surface area contributed by atoms with Crippen LogP contribution in [-0.2, 0) is 6.54 Å². The van der Waals surface area contributed by atoms with Gasteiger partial charge >= 0.3 is 0 Å². The second-order valence-electron chi connectivity index (χ2n) is 6.89. The second-order valence-corrected chi connectivity index (χ2v) is 6.89. The summed E-state index contributed by atoms with van der Waals surface area (Å²) in [6.45, 7) is 8.81. The Morgan fingerprint density at radius 3 is 2.72 bits per heavy atom. The standard InChI is InChI=1S/C22H26N4O3/c1-3-25(4-2)12-13-26-18-10-6-5-9-17(18)23-22(26)24-21(27)16-8-7-11-19-20(16)29-15-14-28-19/h5-11H,3-4,12-15H2,1-2H3,(H,23,24,27). The fraction of sp³-hybridized carbons (Fsp3) is 0.364. The molecule has 1 amide bonds. The SMILES string of the molecule is CCN(CC)CCn1c(NC(=O)c2cccc3c2OCCO3)nc2ccccc21. The molecule has 0 saturated heterocycles. The van der Waals surface area contributed by atoms with E-state index in [1.807, 2.05) is 30.3 Å². The third-order valence-electron chi connectivity index (χ3n) is 5.22. The molecule has 0 fully saturated rings. The number of para-hydroxylation sites is 3. The van der Waals surface area contributed by atoms with Crippen LogP contribution in [-0.4, -0.2) is 53.2 Å². The monoisotopic (exact) mass is 394 g/mol. The molecule has 1 aliphatic rings. The van der Waals surface area contributed by atoms with Crippen molar-refractivity contribution in [3.8, 4) is 11.5 Å². The highest BCUT2D eigenvalue weighted by Crippen LogP contribution is 2.34. The number of hydrogen-bond acceptors (Lipinski definition) is 5. The highest BCUT2D eigenvalue weighted by atomic mass is 16.6. The molecule has 0 radical (unpaired) electrons. The first-order valence-corrected chi connectivity index (χ1v) is 10.1. The van der Waals surface area contributed by atoms with Crippen molar-refractivity contribution in [3.05, 3.63) is 48.0 Å². The number of benzene rings is 2. The van der Waals surface area contributed by atoms with Crippen molar-refractivity contribution < 1.29 is 14.3 Å². The summed E-state index contributed by atoms with van der Waals surface area (Å²) in [5, 5.41) is 2.98. The van der Waals surface area contributed by atoms with Crippen molar-refractivity contribution in [1.82, 2.24) is 14.5 Å². The first-order valence-electron chi connectivity index (χ1n) is 10.1. The van der Waals surface area contributed by atoms with E-state index in [4.69, 9.17) is 9.47 Å². The Labute approximate surface area is 170 Å². The zero-order valence-electron chi connectivity index (χ0n) is 16.9. The Balaban J connectivity index is 1.64. The largest absolute Gasteiger partial charge is 0.486 e. The van der Waals surface area contributed by atoms with Crippen molar-refractivity contribution in [1.29, 1.82) is 0 Å². The molecule has 7 heteroatoms. The Morgan fingerprint density at radius 2 is 1.90 bits per heavy atom. The number of rotatable bonds is 7. The van der Waals surface area contributed by atoms with Crippen molar-refractivity contribution in [3.63, 3.8) is 0 Å². The van der Waals surface area contributed by atoms with Gasteiger partial charge in [0.25, 0.3) is 5.91 Å². The Bertz CT molecular complexity index is 1010. The number of hydrogen-bond donors (Lipinski definition) is 1. The van der Waals surface area contributed by atoms with E-state index in [0.29, 0.717) is 36.2 Å². The van der Waals surface area contributed by atoms with Gasteiger partial charge in [-0.15, -0.1) is 0 Å². The number of amides is 1. The third-order valence-corrected chi connectivity index (χ3v) is 5.22. The summed E-state index contributed by atoms with van der Waals surface area (Å²) in [4.78, 5) is 20.1. The van der Waals surface area contributed by atoms with Gasteiger partial charge in [0.05, 0.1) is 16.6 Å². The predicted octanol–water partition coefficient (Wildman–Crippen LogP) is 3.40. The lowest BCUT2D eigenvalue weighted by Crippen LogP contribution is -2.28. The van der Waals surface area contributed by atoms with E-state index in [1.165, 1.54) is 0 Å². The van der Waals surface area contributed by atoms with E-state index in [1.54, 1.807) is 12.1 Å². The minimum absolute atomic E-state index is 0.258. The molecule has 0 atom stereocenters. The number of aromatic nitrogens is 2. The van der Waals surface area contributed by atoms with Gasteiger partial charge in [0.1, 0.15) is 13.2 Å². The smallest absolute Gasteiger partial charge is 0.261 e. The van der Waals surface area contributed by atoms with E-state index in [2.05, 4.69) is 33.6 Å². The zero-order valence-corrected chi connectivity index (χ0v) is 16.9. The summed E-state index contributed by atoms with van der Waals surface area (Å²) in [6, 6.07) is 13.3. The molecule has 1 aromatic heterocycles. The molecule has 0 saturated carbocycles. The van der Waals surface area contributed by atoms with E-state index in [9.17, 15) is 4.79 Å². The maximum atomic E-state index is 13.1. The van der Waals surface area contributed by atoms with Crippen LogP contribution in [0.3, 0.4) is 0 Å². The van der Waals surface area contributed by atoms with Crippen LogP contribution in [0.5, 0.6) is 11.5 Å². The van der Waals surface area contributed by atoms with E-state index in [-0.39, 0.29) is 5.91 Å². The maximum Gasteiger partial charge on any atom is 0.261 e. The number of carbonyl (C=O) groups excluding carboxylic acids is 1. The average Bonchev–Trinajstić information content (AvgIpc) is 3.11. The van der Waals surface area contributed by atoms with Crippen LogP contribution < -0.4 is 14.8 Å². The van der Waals surface area contributed by atoms with Crippen molar-refractivity contribution in [2.75, 3.05) is 38.2 Å². The molecule has 3 aromatic rings. The molecule has 0 unspecified atom stereocenters.